The van der Waals surface area contributed by atoms with Crippen LogP contribution < -0.4 is 0 Å². The maximum Gasteiger partial charge on any atom is 0.164 e. The van der Waals surface area contributed by atoms with E-state index >= 15 is 0 Å². The highest BCUT2D eigenvalue weighted by Gasteiger charge is 2.17. The summed E-state index contributed by atoms with van der Waals surface area (Å²) in [6, 6.07) is 6.47. The summed E-state index contributed by atoms with van der Waals surface area (Å²) in [5, 5.41) is 14.7. The molecule has 0 fully saturated rings. The van der Waals surface area contributed by atoms with E-state index in [1.54, 1.807) is 0 Å². The Kier molecular flexibility index (Phi) is 3.16. The predicted molar refractivity (Wildman–Crippen MR) is 73.9 cm³/mol. The van der Waals surface area contributed by atoms with Gasteiger partial charge < -0.3 is 5.11 Å². The Morgan fingerprint density at radius 2 is 1.61 bits per heavy atom. The molecule has 0 unspecified atom stereocenters. The van der Waals surface area contributed by atoms with Gasteiger partial charge in [-0.25, -0.2) is 0 Å². The van der Waals surface area contributed by atoms with Crippen LogP contribution in [0.1, 0.15) is 36.7 Å². The Bertz CT molecular complexity index is 562. The van der Waals surface area contributed by atoms with E-state index in [-0.39, 0.29) is 11.8 Å². The SMILES string of the molecule is Cc1cc(C)cc(-c2nn(C(C)C)c(C)c2O)c1. The molecule has 1 aromatic heterocycles. The highest BCUT2D eigenvalue weighted by atomic mass is 16.3. The standard InChI is InChI=1S/C15H20N2O/c1-9(2)17-12(5)15(18)14(16-17)13-7-10(3)6-11(4)8-13/h6-9,18H,1-5H3. The fraction of sp³-hybridized carbons (Fsp3) is 0.400. The van der Waals surface area contributed by atoms with E-state index in [2.05, 4.69) is 51.0 Å². The average molecular weight is 244 g/mol. The van der Waals surface area contributed by atoms with Gasteiger partial charge in [0.15, 0.2) is 5.75 Å². The normalized spacial score (nSPS) is 11.2. The summed E-state index contributed by atoms with van der Waals surface area (Å²) in [4.78, 5) is 0. The van der Waals surface area contributed by atoms with Crippen LogP contribution in [0.2, 0.25) is 0 Å². The minimum atomic E-state index is 0.246. The third kappa shape index (κ3) is 2.13. The summed E-state index contributed by atoms with van der Waals surface area (Å²) < 4.78 is 1.86. The molecule has 0 amide bonds. The van der Waals surface area contributed by atoms with Gasteiger partial charge in [-0.05, 0) is 46.8 Å². The van der Waals surface area contributed by atoms with Crippen LogP contribution in [0.25, 0.3) is 11.3 Å². The second kappa shape index (κ2) is 4.48. The summed E-state index contributed by atoms with van der Waals surface area (Å²) in [6.45, 7) is 10.1. The van der Waals surface area contributed by atoms with E-state index in [9.17, 15) is 5.11 Å². The molecule has 0 radical (unpaired) electrons. The quantitative estimate of drug-likeness (QED) is 0.873. The first kappa shape index (κ1) is 12.7. The van der Waals surface area contributed by atoms with Crippen LogP contribution in [0, 0.1) is 20.8 Å². The van der Waals surface area contributed by atoms with E-state index in [4.69, 9.17) is 0 Å². The van der Waals surface area contributed by atoms with Gasteiger partial charge in [0, 0.05) is 11.6 Å². The molecule has 1 heterocycles. The summed E-state index contributed by atoms with van der Waals surface area (Å²) in [6.07, 6.45) is 0. The van der Waals surface area contributed by atoms with E-state index in [1.807, 2.05) is 11.6 Å². The van der Waals surface area contributed by atoms with Crippen LogP contribution in [0.3, 0.4) is 0 Å². The zero-order valence-electron chi connectivity index (χ0n) is 11.7. The van der Waals surface area contributed by atoms with Gasteiger partial charge in [-0.1, -0.05) is 17.2 Å². The number of rotatable bonds is 2. The van der Waals surface area contributed by atoms with Gasteiger partial charge in [-0.2, -0.15) is 5.10 Å². The first-order valence-corrected chi connectivity index (χ1v) is 6.27. The Balaban J connectivity index is 2.60. The molecule has 0 aliphatic carbocycles. The molecule has 0 spiro atoms. The molecule has 3 heteroatoms. The van der Waals surface area contributed by atoms with Crippen molar-refractivity contribution in [2.45, 2.75) is 40.7 Å². The highest BCUT2D eigenvalue weighted by Crippen LogP contribution is 2.33. The maximum atomic E-state index is 10.2. The van der Waals surface area contributed by atoms with E-state index in [1.165, 1.54) is 11.1 Å². The van der Waals surface area contributed by atoms with Crippen molar-refractivity contribution in [1.82, 2.24) is 9.78 Å². The third-order valence-corrected chi connectivity index (χ3v) is 3.10. The number of aromatic hydroxyl groups is 1. The molecular formula is C15H20N2O. The predicted octanol–water partition coefficient (Wildman–Crippen LogP) is 3.76. The van der Waals surface area contributed by atoms with Crippen molar-refractivity contribution < 1.29 is 5.11 Å². The number of nitrogens with zero attached hydrogens (tertiary/aromatic N) is 2. The first-order chi connectivity index (χ1) is 8.40. The molecule has 0 atom stereocenters. The Morgan fingerprint density at radius 1 is 1.06 bits per heavy atom. The van der Waals surface area contributed by atoms with Crippen molar-refractivity contribution in [3.8, 4) is 17.0 Å². The lowest BCUT2D eigenvalue weighted by molar-refractivity contribution is 0.461. The molecule has 2 aromatic rings. The van der Waals surface area contributed by atoms with Crippen LogP contribution in [-0.2, 0) is 0 Å². The summed E-state index contributed by atoms with van der Waals surface area (Å²) in [5.41, 5.74) is 4.84. The number of benzene rings is 1. The Hall–Kier alpha value is -1.77. The fourth-order valence-electron chi connectivity index (χ4n) is 2.32. The van der Waals surface area contributed by atoms with Crippen LogP contribution in [0.5, 0.6) is 5.75 Å². The number of hydrogen-bond acceptors (Lipinski definition) is 2. The number of hydrogen-bond donors (Lipinski definition) is 1. The van der Waals surface area contributed by atoms with Crippen molar-refractivity contribution >= 4 is 0 Å². The van der Waals surface area contributed by atoms with Gasteiger partial charge in [0.2, 0.25) is 0 Å². The molecule has 0 aliphatic heterocycles. The smallest absolute Gasteiger partial charge is 0.164 e. The van der Waals surface area contributed by atoms with Crippen molar-refractivity contribution in [3.05, 3.63) is 35.0 Å². The van der Waals surface area contributed by atoms with Gasteiger partial charge in [0.25, 0.3) is 0 Å². The molecule has 0 saturated carbocycles. The molecule has 18 heavy (non-hydrogen) atoms. The molecule has 0 saturated heterocycles. The molecule has 1 N–H and O–H groups in total. The Morgan fingerprint density at radius 3 is 2.06 bits per heavy atom. The molecule has 0 aliphatic rings. The van der Waals surface area contributed by atoms with E-state index in [0.29, 0.717) is 5.69 Å². The molecule has 2 rings (SSSR count). The minimum absolute atomic E-state index is 0.246. The topological polar surface area (TPSA) is 38.0 Å². The maximum absolute atomic E-state index is 10.2. The lowest BCUT2D eigenvalue weighted by Crippen LogP contribution is -2.04. The molecule has 96 valence electrons. The van der Waals surface area contributed by atoms with Crippen molar-refractivity contribution in [2.75, 3.05) is 0 Å². The monoisotopic (exact) mass is 244 g/mol. The number of aryl methyl sites for hydroxylation is 2. The van der Waals surface area contributed by atoms with Crippen molar-refractivity contribution in [3.63, 3.8) is 0 Å². The zero-order valence-corrected chi connectivity index (χ0v) is 11.7. The lowest BCUT2D eigenvalue weighted by Gasteiger charge is -2.06. The highest BCUT2D eigenvalue weighted by molar-refractivity contribution is 5.68. The van der Waals surface area contributed by atoms with Gasteiger partial charge in [-0.3, -0.25) is 4.68 Å². The minimum Gasteiger partial charge on any atom is -0.504 e. The fourth-order valence-corrected chi connectivity index (χ4v) is 2.32. The van der Waals surface area contributed by atoms with Crippen LogP contribution in [0.4, 0.5) is 0 Å². The van der Waals surface area contributed by atoms with Gasteiger partial charge >= 0.3 is 0 Å². The van der Waals surface area contributed by atoms with Gasteiger partial charge in [0.1, 0.15) is 5.69 Å². The summed E-state index contributed by atoms with van der Waals surface area (Å²) in [5.74, 6) is 0.286. The Labute approximate surface area is 108 Å². The summed E-state index contributed by atoms with van der Waals surface area (Å²) >= 11 is 0. The number of aromatic nitrogens is 2. The molecule has 1 aromatic carbocycles. The second-order valence-electron chi connectivity index (χ2n) is 5.20. The van der Waals surface area contributed by atoms with E-state index in [0.717, 1.165) is 11.3 Å². The third-order valence-electron chi connectivity index (χ3n) is 3.10. The largest absolute Gasteiger partial charge is 0.504 e. The lowest BCUT2D eigenvalue weighted by atomic mass is 10.0. The molecule has 0 bridgehead atoms. The first-order valence-electron chi connectivity index (χ1n) is 6.27. The second-order valence-corrected chi connectivity index (χ2v) is 5.20. The van der Waals surface area contributed by atoms with Crippen LogP contribution in [0.15, 0.2) is 18.2 Å². The molecular weight excluding hydrogens is 224 g/mol. The molecule has 3 nitrogen and oxygen atoms in total. The zero-order chi connectivity index (χ0) is 13.4. The summed E-state index contributed by atoms with van der Waals surface area (Å²) in [7, 11) is 0. The van der Waals surface area contributed by atoms with Gasteiger partial charge in [-0.15, -0.1) is 0 Å². The van der Waals surface area contributed by atoms with Gasteiger partial charge in [0.05, 0.1) is 5.69 Å². The van der Waals surface area contributed by atoms with Crippen LogP contribution in [-0.4, -0.2) is 14.9 Å². The van der Waals surface area contributed by atoms with E-state index < -0.39 is 0 Å². The van der Waals surface area contributed by atoms with Crippen LogP contribution >= 0.6 is 0 Å². The van der Waals surface area contributed by atoms with Crippen molar-refractivity contribution in [2.24, 2.45) is 0 Å². The van der Waals surface area contributed by atoms with Crippen molar-refractivity contribution in [1.29, 1.82) is 0 Å². The average Bonchev–Trinajstić information content (AvgIpc) is 2.55.